The molecular weight excluding hydrogens is 429 g/mol. The molecule has 0 spiro atoms. The highest BCUT2D eigenvalue weighted by molar-refractivity contribution is 14.1. The fraction of sp³-hybridized carbons (Fsp3) is 0.167. The predicted octanol–water partition coefficient (Wildman–Crippen LogP) is 3.75. The van der Waals surface area contributed by atoms with Crippen molar-refractivity contribution in [2.45, 2.75) is 13.3 Å². The number of halogens is 1. The molecule has 25 heavy (non-hydrogen) atoms. The Morgan fingerprint density at radius 1 is 1.20 bits per heavy atom. The molecule has 1 heterocycles. The van der Waals surface area contributed by atoms with Crippen molar-refractivity contribution in [2.75, 3.05) is 11.9 Å². The molecule has 0 aliphatic heterocycles. The number of amides is 2. The lowest BCUT2D eigenvalue weighted by Crippen LogP contribution is -2.30. The fourth-order valence-corrected chi connectivity index (χ4v) is 3.00. The number of aryl methyl sites for hydroxylation is 1. The number of aromatic amines is 1. The first kappa shape index (κ1) is 17.4. The van der Waals surface area contributed by atoms with Gasteiger partial charge in [-0.2, -0.15) is 5.10 Å². The summed E-state index contributed by atoms with van der Waals surface area (Å²) in [6.07, 6.45) is 0.582. The van der Waals surface area contributed by atoms with Crippen LogP contribution in [0.2, 0.25) is 0 Å². The van der Waals surface area contributed by atoms with Gasteiger partial charge in [0, 0.05) is 27.8 Å². The molecule has 3 aromatic rings. The number of hydrogen-bond acceptors (Lipinski definition) is 3. The zero-order valence-electron chi connectivity index (χ0n) is 13.7. The summed E-state index contributed by atoms with van der Waals surface area (Å²) in [6, 6.07) is 15.4. The van der Waals surface area contributed by atoms with E-state index in [4.69, 9.17) is 0 Å². The topological polar surface area (TPSA) is 82.7 Å². The summed E-state index contributed by atoms with van der Waals surface area (Å²) < 4.78 is 1.14. The van der Waals surface area contributed by atoms with Crippen molar-refractivity contribution in [1.82, 2.24) is 20.5 Å². The number of aromatic nitrogens is 3. The Labute approximate surface area is 159 Å². The number of hydrogen-bond donors (Lipinski definition) is 3. The number of urea groups is 1. The molecule has 0 bridgehead atoms. The van der Waals surface area contributed by atoms with Gasteiger partial charge >= 0.3 is 6.03 Å². The maximum atomic E-state index is 12.0. The summed E-state index contributed by atoms with van der Waals surface area (Å²) >= 11 is 2.25. The van der Waals surface area contributed by atoms with Crippen LogP contribution >= 0.6 is 22.6 Å². The molecule has 0 fully saturated rings. The summed E-state index contributed by atoms with van der Waals surface area (Å²) in [6.45, 7) is 2.44. The van der Waals surface area contributed by atoms with E-state index in [0.29, 0.717) is 18.8 Å². The van der Waals surface area contributed by atoms with Crippen molar-refractivity contribution in [1.29, 1.82) is 0 Å². The molecule has 0 saturated carbocycles. The molecule has 0 aliphatic carbocycles. The first-order valence-electron chi connectivity index (χ1n) is 7.89. The van der Waals surface area contributed by atoms with Crippen LogP contribution in [0.1, 0.15) is 11.4 Å². The molecule has 2 aromatic carbocycles. The van der Waals surface area contributed by atoms with Gasteiger partial charge in [0.2, 0.25) is 0 Å². The third kappa shape index (κ3) is 4.79. The number of H-pyrrole nitrogens is 1. The zero-order chi connectivity index (χ0) is 17.6. The van der Waals surface area contributed by atoms with Gasteiger partial charge in [0.25, 0.3) is 0 Å². The van der Waals surface area contributed by atoms with E-state index in [0.717, 1.165) is 26.2 Å². The van der Waals surface area contributed by atoms with E-state index in [9.17, 15) is 4.79 Å². The Kier molecular flexibility index (Phi) is 5.64. The molecule has 0 atom stereocenters. The summed E-state index contributed by atoms with van der Waals surface area (Å²) in [4.78, 5) is 16.4. The number of anilines is 1. The van der Waals surface area contributed by atoms with Crippen LogP contribution in [-0.2, 0) is 6.42 Å². The van der Waals surface area contributed by atoms with E-state index >= 15 is 0 Å². The summed E-state index contributed by atoms with van der Waals surface area (Å²) in [7, 11) is 0. The Hall–Kier alpha value is -2.42. The van der Waals surface area contributed by atoms with Gasteiger partial charge in [-0.1, -0.05) is 30.3 Å². The van der Waals surface area contributed by atoms with E-state index in [1.165, 1.54) is 0 Å². The minimum atomic E-state index is -0.230. The standard InChI is InChI=1S/C18H18IN5O/c1-12-11-14(19)7-8-15(12)21-18(25)20-10-9-16-22-17(24-23-16)13-5-3-2-4-6-13/h2-8,11H,9-10H2,1H3,(H2,20,21,25)(H,22,23,24). The molecule has 3 rings (SSSR count). The number of nitrogens with zero attached hydrogens (tertiary/aromatic N) is 2. The first-order chi connectivity index (χ1) is 12.1. The predicted molar refractivity (Wildman–Crippen MR) is 106 cm³/mol. The Morgan fingerprint density at radius 2 is 2.00 bits per heavy atom. The quantitative estimate of drug-likeness (QED) is 0.521. The SMILES string of the molecule is Cc1cc(I)ccc1NC(=O)NCCc1nc(-c2ccccc2)n[nH]1. The Bertz CT molecular complexity index is 863. The number of benzene rings is 2. The largest absolute Gasteiger partial charge is 0.337 e. The van der Waals surface area contributed by atoms with Crippen LogP contribution in [0.4, 0.5) is 10.5 Å². The molecule has 3 N–H and O–H groups in total. The number of carbonyl (C=O) groups excluding carboxylic acids is 1. The maximum absolute atomic E-state index is 12.0. The van der Waals surface area contributed by atoms with Crippen molar-refractivity contribution in [2.24, 2.45) is 0 Å². The average Bonchev–Trinajstić information content (AvgIpc) is 3.07. The van der Waals surface area contributed by atoms with Crippen LogP contribution in [0.3, 0.4) is 0 Å². The average molecular weight is 447 g/mol. The first-order valence-corrected chi connectivity index (χ1v) is 8.97. The van der Waals surface area contributed by atoms with Gasteiger partial charge in [-0.15, -0.1) is 0 Å². The normalized spacial score (nSPS) is 10.5. The van der Waals surface area contributed by atoms with Crippen molar-refractivity contribution in [3.63, 3.8) is 0 Å². The van der Waals surface area contributed by atoms with Crippen LogP contribution in [0, 0.1) is 10.5 Å². The van der Waals surface area contributed by atoms with Crippen molar-refractivity contribution >= 4 is 34.3 Å². The van der Waals surface area contributed by atoms with E-state index < -0.39 is 0 Å². The smallest absolute Gasteiger partial charge is 0.319 e. The van der Waals surface area contributed by atoms with E-state index in [2.05, 4.69) is 48.4 Å². The van der Waals surface area contributed by atoms with Gasteiger partial charge < -0.3 is 10.6 Å². The molecule has 2 amide bonds. The third-order valence-corrected chi connectivity index (χ3v) is 4.32. The van der Waals surface area contributed by atoms with Gasteiger partial charge in [0.1, 0.15) is 5.82 Å². The van der Waals surface area contributed by atoms with E-state index in [1.54, 1.807) is 0 Å². The minimum Gasteiger partial charge on any atom is -0.337 e. The second kappa shape index (κ2) is 8.11. The molecular formula is C18H18IN5O. The number of rotatable bonds is 5. The van der Waals surface area contributed by atoms with Crippen molar-refractivity contribution in [3.8, 4) is 11.4 Å². The summed E-state index contributed by atoms with van der Waals surface area (Å²) in [5.41, 5.74) is 2.80. The second-order valence-electron chi connectivity index (χ2n) is 5.56. The molecule has 1 aromatic heterocycles. The highest BCUT2D eigenvalue weighted by atomic mass is 127. The van der Waals surface area contributed by atoms with Crippen LogP contribution in [0.15, 0.2) is 48.5 Å². The zero-order valence-corrected chi connectivity index (χ0v) is 15.9. The molecule has 6 nitrogen and oxygen atoms in total. The Morgan fingerprint density at radius 3 is 2.76 bits per heavy atom. The van der Waals surface area contributed by atoms with Crippen LogP contribution in [-0.4, -0.2) is 27.8 Å². The molecule has 0 saturated heterocycles. The van der Waals surface area contributed by atoms with Crippen molar-refractivity contribution in [3.05, 3.63) is 63.5 Å². The monoisotopic (exact) mass is 447 g/mol. The fourth-order valence-electron chi connectivity index (χ4n) is 2.35. The van der Waals surface area contributed by atoms with Gasteiger partial charge in [0.15, 0.2) is 5.82 Å². The second-order valence-corrected chi connectivity index (χ2v) is 6.81. The van der Waals surface area contributed by atoms with Crippen molar-refractivity contribution < 1.29 is 4.79 Å². The molecule has 0 aliphatic rings. The highest BCUT2D eigenvalue weighted by Crippen LogP contribution is 2.17. The molecule has 7 heteroatoms. The summed E-state index contributed by atoms with van der Waals surface area (Å²) in [5, 5.41) is 12.8. The lowest BCUT2D eigenvalue weighted by Gasteiger charge is -2.09. The summed E-state index contributed by atoms with van der Waals surface area (Å²) in [5.74, 6) is 1.40. The van der Waals surface area contributed by atoms with Crippen LogP contribution < -0.4 is 10.6 Å². The lowest BCUT2D eigenvalue weighted by atomic mass is 10.2. The lowest BCUT2D eigenvalue weighted by molar-refractivity contribution is 0.252. The Balaban J connectivity index is 1.49. The van der Waals surface area contributed by atoms with Gasteiger partial charge in [-0.05, 0) is 53.3 Å². The number of carbonyl (C=O) groups is 1. The maximum Gasteiger partial charge on any atom is 0.319 e. The third-order valence-electron chi connectivity index (χ3n) is 3.65. The number of nitrogens with one attached hydrogen (secondary N) is 3. The van der Waals surface area contributed by atoms with Crippen LogP contribution in [0.5, 0.6) is 0 Å². The minimum absolute atomic E-state index is 0.230. The van der Waals surface area contributed by atoms with Crippen LogP contribution in [0.25, 0.3) is 11.4 Å². The molecule has 0 radical (unpaired) electrons. The van der Waals surface area contributed by atoms with E-state index in [-0.39, 0.29) is 6.03 Å². The van der Waals surface area contributed by atoms with E-state index in [1.807, 2.05) is 55.5 Å². The van der Waals surface area contributed by atoms with Gasteiger partial charge in [0.05, 0.1) is 0 Å². The highest BCUT2D eigenvalue weighted by Gasteiger charge is 2.07. The molecule has 0 unspecified atom stereocenters. The van der Waals surface area contributed by atoms with Gasteiger partial charge in [-0.25, -0.2) is 9.78 Å². The van der Waals surface area contributed by atoms with Gasteiger partial charge in [-0.3, -0.25) is 5.10 Å². The molecule has 128 valence electrons.